The maximum absolute atomic E-state index is 5.96. The van der Waals surface area contributed by atoms with Crippen molar-refractivity contribution in [1.82, 2.24) is 0 Å². The lowest BCUT2D eigenvalue weighted by Crippen LogP contribution is -2.22. The van der Waals surface area contributed by atoms with Gasteiger partial charge in [0, 0.05) is 11.3 Å². The minimum absolute atomic E-state index is 0.407. The normalized spacial score (nSPS) is 14.6. The Balaban J connectivity index is 1.64. The van der Waals surface area contributed by atoms with Crippen LogP contribution in [-0.2, 0) is 6.54 Å². The lowest BCUT2D eigenvalue weighted by molar-refractivity contribution is 0.296. The first-order chi connectivity index (χ1) is 11.2. The van der Waals surface area contributed by atoms with Crippen molar-refractivity contribution in [2.24, 2.45) is 16.6 Å². The second-order valence-electron chi connectivity index (χ2n) is 6.06. The van der Waals surface area contributed by atoms with Crippen LogP contribution in [0.2, 0.25) is 0 Å². The minimum atomic E-state index is 0.407. The molecule has 0 aliphatic heterocycles. The van der Waals surface area contributed by atoms with Crippen molar-refractivity contribution < 1.29 is 4.74 Å². The van der Waals surface area contributed by atoms with Gasteiger partial charge in [0.15, 0.2) is 5.96 Å². The summed E-state index contributed by atoms with van der Waals surface area (Å²) in [5, 5.41) is 3.09. The molecule has 23 heavy (non-hydrogen) atoms. The number of rotatable bonds is 6. The van der Waals surface area contributed by atoms with Gasteiger partial charge in [-0.25, -0.2) is 4.99 Å². The molecule has 2 aromatic carbocycles. The number of aryl methyl sites for hydroxylation is 1. The van der Waals surface area contributed by atoms with E-state index in [2.05, 4.69) is 35.4 Å². The van der Waals surface area contributed by atoms with Crippen molar-refractivity contribution in [3.63, 3.8) is 0 Å². The van der Waals surface area contributed by atoms with Crippen molar-refractivity contribution in [2.75, 3.05) is 11.9 Å². The molecule has 1 aliphatic rings. The van der Waals surface area contributed by atoms with Crippen LogP contribution in [0.1, 0.15) is 24.0 Å². The topological polar surface area (TPSA) is 59.6 Å². The quantitative estimate of drug-likeness (QED) is 0.631. The van der Waals surface area contributed by atoms with Gasteiger partial charge >= 0.3 is 0 Å². The number of hydrogen-bond donors (Lipinski definition) is 2. The van der Waals surface area contributed by atoms with Crippen LogP contribution in [0, 0.1) is 12.8 Å². The average Bonchev–Trinajstić information content (AvgIpc) is 3.37. The van der Waals surface area contributed by atoms with Gasteiger partial charge < -0.3 is 15.8 Å². The molecule has 0 aromatic heterocycles. The molecule has 3 N–H and O–H groups in total. The molecule has 0 spiro atoms. The summed E-state index contributed by atoms with van der Waals surface area (Å²) in [5.41, 5.74) is 9.15. The second kappa shape index (κ2) is 7.18. The van der Waals surface area contributed by atoms with Gasteiger partial charge in [0.1, 0.15) is 5.75 Å². The van der Waals surface area contributed by atoms with Gasteiger partial charge in [-0.15, -0.1) is 0 Å². The molecular formula is C19H23N3O. The Morgan fingerprint density at radius 3 is 2.74 bits per heavy atom. The van der Waals surface area contributed by atoms with E-state index in [1.54, 1.807) is 0 Å². The van der Waals surface area contributed by atoms with Crippen LogP contribution in [0.15, 0.2) is 53.5 Å². The first kappa shape index (κ1) is 15.4. The van der Waals surface area contributed by atoms with E-state index in [0.29, 0.717) is 12.5 Å². The highest BCUT2D eigenvalue weighted by atomic mass is 16.5. The van der Waals surface area contributed by atoms with Gasteiger partial charge in [-0.05, 0) is 49.4 Å². The molecule has 120 valence electrons. The summed E-state index contributed by atoms with van der Waals surface area (Å²) in [4.78, 5) is 4.43. The third-order valence-electron chi connectivity index (χ3n) is 3.86. The molecule has 1 fully saturated rings. The fraction of sp³-hybridized carbons (Fsp3) is 0.316. The van der Waals surface area contributed by atoms with Crippen LogP contribution >= 0.6 is 0 Å². The number of anilines is 1. The molecule has 4 heteroatoms. The molecule has 0 amide bonds. The van der Waals surface area contributed by atoms with Gasteiger partial charge in [-0.3, -0.25) is 0 Å². The van der Waals surface area contributed by atoms with Gasteiger partial charge in [0.25, 0.3) is 0 Å². The molecule has 0 bridgehead atoms. The number of aliphatic imine (C=N–C) groups is 1. The average molecular weight is 309 g/mol. The zero-order valence-electron chi connectivity index (χ0n) is 13.5. The third-order valence-corrected chi connectivity index (χ3v) is 3.86. The first-order valence-corrected chi connectivity index (χ1v) is 8.05. The summed E-state index contributed by atoms with van der Waals surface area (Å²) >= 11 is 0. The Morgan fingerprint density at radius 1 is 1.22 bits per heavy atom. The molecule has 1 saturated carbocycles. The Bertz CT molecular complexity index is 678. The fourth-order valence-electron chi connectivity index (χ4n) is 2.30. The molecule has 1 aliphatic carbocycles. The molecule has 2 aromatic rings. The van der Waals surface area contributed by atoms with E-state index < -0.39 is 0 Å². The molecule has 0 radical (unpaired) electrons. The Labute approximate surface area is 137 Å². The molecular weight excluding hydrogens is 286 g/mol. The molecule has 0 saturated heterocycles. The van der Waals surface area contributed by atoms with E-state index in [0.717, 1.165) is 29.5 Å². The van der Waals surface area contributed by atoms with E-state index in [-0.39, 0.29) is 0 Å². The van der Waals surface area contributed by atoms with Crippen molar-refractivity contribution in [3.05, 3.63) is 59.7 Å². The maximum atomic E-state index is 5.96. The van der Waals surface area contributed by atoms with E-state index in [4.69, 9.17) is 10.5 Å². The predicted octanol–water partition coefficient (Wildman–Crippen LogP) is 3.71. The first-order valence-electron chi connectivity index (χ1n) is 8.05. The second-order valence-corrected chi connectivity index (χ2v) is 6.06. The SMILES string of the molecule is Cc1ccc(CN=C(N)Nc2ccccc2)c(OCC2CC2)c1. The van der Waals surface area contributed by atoms with Crippen LogP contribution in [0.3, 0.4) is 0 Å². The minimum Gasteiger partial charge on any atom is -0.493 e. The number of hydrogen-bond acceptors (Lipinski definition) is 2. The Kier molecular flexibility index (Phi) is 4.81. The number of nitrogens with zero attached hydrogens (tertiary/aromatic N) is 1. The van der Waals surface area contributed by atoms with Crippen LogP contribution in [0.4, 0.5) is 5.69 Å². The van der Waals surface area contributed by atoms with Crippen LogP contribution < -0.4 is 15.8 Å². The molecule has 0 unspecified atom stereocenters. The Morgan fingerprint density at radius 2 is 2.00 bits per heavy atom. The summed E-state index contributed by atoms with van der Waals surface area (Å²) in [7, 11) is 0. The predicted molar refractivity (Wildman–Crippen MR) is 94.8 cm³/mol. The van der Waals surface area contributed by atoms with Crippen molar-refractivity contribution in [1.29, 1.82) is 0 Å². The number of para-hydroxylation sites is 1. The smallest absolute Gasteiger partial charge is 0.193 e. The van der Waals surface area contributed by atoms with E-state index in [1.807, 2.05) is 30.3 Å². The summed E-state index contributed by atoms with van der Waals surface area (Å²) in [6.07, 6.45) is 2.57. The lowest BCUT2D eigenvalue weighted by atomic mass is 10.1. The maximum Gasteiger partial charge on any atom is 0.193 e. The van der Waals surface area contributed by atoms with Gasteiger partial charge in [-0.2, -0.15) is 0 Å². The molecule has 4 nitrogen and oxygen atoms in total. The number of nitrogens with one attached hydrogen (secondary N) is 1. The van der Waals surface area contributed by atoms with Crippen molar-refractivity contribution >= 4 is 11.6 Å². The highest BCUT2D eigenvalue weighted by Crippen LogP contribution is 2.30. The monoisotopic (exact) mass is 309 g/mol. The number of nitrogens with two attached hydrogens (primary N) is 1. The van der Waals surface area contributed by atoms with E-state index >= 15 is 0 Å². The van der Waals surface area contributed by atoms with Crippen LogP contribution in [0.25, 0.3) is 0 Å². The molecule has 0 heterocycles. The largest absolute Gasteiger partial charge is 0.493 e. The summed E-state index contributed by atoms with van der Waals surface area (Å²) < 4.78 is 5.96. The van der Waals surface area contributed by atoms with Crippen LogP contribution in [-0.4, -0.2) is 12.6 Å². The zero-order valence-corrected chi connectivity index (χ0v) is 13.5. The van der Waals surface area contributed by atoms with Crippen molar-refractivity contribution in [2.45, 2.75) is 26.3 Å². The zero-order chi connectivity index (χ0) is 16.1. The van der Waals surface area contributed by atoms with Gasteiger partial charge in [0.2, 0.25) is 0 Å². The Hall–Kier alpha value is -2.49. The summed E-state index contributed by atoms with van der Waals surface area (Å²) in [5.74, 6) is 2.06. The van der Waals surface area contributed by atoms with Crippen molar-refractivity contribution in [3.8, 4) is 5.75 Å². The highest BCUT2D eigenvalue weighted by Gasteiger charge is 2.22. The van der Waals surface area contributed by atoms with Gasteiger partial charge in [-0.1, -0.05) is 30.3 Å². The fourth-order valence-corrected chi connectivity index (χ4v) is 2.30. The number of guanidine groups is 1. The standard InChI is InChI=1S/C19H23N3O/c1-14-7-10-16(18(11-14)23-13-15-8-9-15)12-21-19(20)22-17-5-3-2-4-6-17/h2-7,10-11,15H,8-9,12-13H2,1H3,(H3,20,21,22). The summed E-state index contributed by atoms with van der Waals surface area (Å²) in [6.45, 7) is 3.38. The number of ether oxygens (including phenoxy) is 1. The highest BCUT2D eigenvalue weighted by molar-refractivity contribution is 5.92. The molecule has 3 rings (SSSR count). The lowest BCUT2D eigenvalue weighted by Gasteiger charge is -2.11. The van der Waals surface area contributed by atoms with E-state index in [9.17, 15) is 0 Å². The number of benzene rings is 2. The van der Waals surface area contributed by atoms with Crippen LogP contribution in [0.5, 0.6) is 5.75 Å². The van der Waals surface area contributed by atoms with E-state index in [1.165, 1.54) is 18.4 Å². The van der Waals surface area contributed by atoms with Gasteiger partial charge in [0.05, 0.1) is 13.2 Å². The third kappa shape index (κ3) is 4.74. The summed E-state index contributed by atoms with van der Waals surface area (Å²) in [6, 6.07) is 16.0. The molecule has 0 atom stereocenters.